The molecule has 0 unspecified atom stereocenters. The molecule has 0 bridgehead atoms. The second kappa shape index (κ2) is 35.0. The van der Waals surface area contributed by atoms with Crippen LogP contribution in [0.25, 0.3) is 0 Å². The molecular weight excluding hydrogens is 1390 g/mol. The maximum atomic E-state index is 14.1. The molecule has 5 amide bonds. The fraction of sp³-hybridized carbons (Fsp3) is 0.591. The molecule has 38 heteroatoms. The van der Waals surface area contributed by atoms with Gasteiger partial charge in [0.25, 0.3) is 0 Å². The van der Waals surface area contributed by atoms with Crippen LogP contribution >= 0.6 is 0 Å². The van der Waals surface area contributed by atoms with Gasteiger partial charge in [-0.2, -0.15) is 0 Å². The van der Waals surface area contributed by atoms with Crippen LogP contribution in [0.4, 0.5) is 0 Å². The summed E-state index contributed by atoms with van der Waals surface area (Å²) in [5.41, 5.74) is -4.26. The highest BCUT2D eigenvalue weighted by molar-refractivity contribution is 6.31. The van der Waals surface area contributed by atoms with Gasteiger partial charge in [0.2, 0.25) is 35.3 Å². The summed E-state index contributed by atoms with van der Waals surface area (Å²) in [6, 6.07) is 9.78. The molecule has 22 atom stereocenters. The van der Waals surface area contributed by atoms with E-state index >= 15 is 0 Å². The van der Waals surface area contributed by atoms with Gasteiger partial charge in [-0.15, -0.1) is 0 Å². The molecule has 2 aliphatic carbocycles. The molecule has 38 nitrogen and oxygen atoms in total. The van der Waals surface area contributed by atoms with Crippen LogP contribution in [-0.4, -0.2) is 314 Å². The molecule has 3 aromatic rings. The van der Waals surface area contributed by atoms with E-state index in [9.17, 15) is 104 Å². The number of benzene rings is 3. The van der Waals surface area contributed by atoms with Crippen molar-refractivity contribution >= 4 is 52.9 Å². The monoisotopic (exact) mass is 1480 g/mol. The first-order chi connectivity index (χ1) is 49.4. The third-order valence-electron chi connectivity index (χ3n) is 18.5. The number of amides is 5. The first kappa shape index (κ1) is 80.2. The average Bonchev–Trinajstić information content (AvgIpc) is 0.710. The van der Waals surface area contributed by atoms with E-state index < -0.39 is 275 Å². The Kier molecular flexibility index (Phi) is 27.0. The largest absolute Gasteiger partial charge is 0.507 e. The summed E-state index contributed by atoms with van der Waals surface area (Å²) in [7, 11) is 2.39. The molecule has 4 saturated heterocycles. The van der Waals surface area contributed by atoms with Crippen LogP contribution in [0.15, 0.2) is 48.5 Å². The van der Waals surface area contributed by atoms with Gasteiger partial charge in [-0.3, -0.25) is 38.4 Å². The molecule has 4 aliphatic heterocycles. The Bertz CT molecular complexity index is 3610. The standard InChI is InChI=1S/C66H85N5O33/c1-5-32-51(83)54(86)57(89)64(100-32)103-61-36(102-65(59(91)56(61)88)104-60-35(23-97-25-42(78)79)101-63(95-4)58(90)55(60)87)22-96-24-41(77)68-20-40(76)71-31(14-27-10-7-6-8-11-27)62(92)69-18-38(74)67-19-39(75)70-30-15-43(98-26(2)48(30)80)99-34-17-66(93,37(73)21-72)16-29-45(34)53(85)47-46(50(29)82)49(81)28-12-9-13-33(94-3)44(28)52(47)84/h6-13,26,30-32,34-36,43,48,51,54-61,63-65,72,80,82-83,85-91,93H,5,14-25H2,1-4H3,(H,67,74)(H,68,77)(H,69,92)(H,70,75)(H,71,76)(H,78,79)/t26-,30-,31-,32-,34-,35+,36+,43-,48+,51-,54+,55+,56+,57-,58+,59+,60+,61+,63-,64-,65+,66-/m0/s1. The number of ketones is 3. The number of carboxylic acid groups (broad SMARTS) is 1. The Morgan fingerprint density at radius 2 is 1.21 bits per heavy atom. The number of phenolic OH excluding ortho intramolecular Hbond substituents is 2. The minimum absolute atomic E-state index is 0.0193. The number of carboxylic acids is 1. The van der Waals surface area contributed by atoms with Crippen LogP contribution in [0, 0.1) is 0 Å². The Hall–Kier alpha value is -7.91. The number of fused-ring (bicyclic) bond motifs is 3. The average molecular weight is 1480 g/mol. The van der Waals surface area contributed by atoms with Gasteiger partial charge in [0.15, 0.2) is 36.7 Å². The Morgan fingerprint density at radius 3 is 1.84 bits per heavy atom. The van der Waals surface area contributed by atoms with Gasteiger partial charge < -0.3 is 145 Å². The maximum Gasteiger partial charge on any atom is 0.329 e. The van der Waals surface area contributed by atoms with Gasteiger partial charge >= 0.3 is 5.97 Å². The summed E-state index contributed by atoms with van der Waals surface area (Å²) in [4.78, 5) is 119. The molecule has 0 aromatic heterocycles. The number of aromatic hydroxyl groups is 2. The number of Topliss-reactive ketones (excluding diaryl/α,β-unsaturated/α-hetero) is 1. The van der Waals surface area contributed by atoms with Gasteiger partial charge in [0.1, 0.15) is 122 Å². The highest BCUT2D eigenvalue weighted by atomic mass is 16.8. The molecule has 4 fully saturated rings. The van der Waals surface area contributed by atoms with Crippen LogP contribution in [0.2, 0.25) is 0 Å². The molecule has 9 rings (SSSR count). The number of ether oxygens (including phenoxy) is 11. The molecule has 3 aromatic carbocycles. The lowest BCUT2D eigenvalue weighted by Gasteiger charge is -2.48. The van der Waals surface area contributed by atoms with Gasteiger partial charge in [-0.05, 0) is 25.0 Å². The normalized spacial score (nSPS) is 31.9. The van der Waals surface area contributed by atoms with E-state index in [0.717, 1.165) is 7.11 Å². The van der Waals surface area contributed by atoms with Crippen LogP contribution < -0.4 is 31.3 Å². The zero-order valence-electron chi connectivity index (χ0n) is 56.4. The number of aliphatic carboxylic acids is 1. The van der Waals surface area contributed by atoms with Crippen molar-refractivity contribution in [3.05, 3.63) is 87.5 Å². The van der Waals surface area contributed by atoms with E-state index in [1.165, 1.54) is 32.2 Å². The van der Waals surface area contributed by atoms with Gasteiger partial charge in [0.05, 0.1) is 81.0 Å². The predicted octanol–water partition coefficient (Wildman–Crippen LogP) is -7.12. The molecule has 0 saturated carbocycles. The van der Waals surface area contributed by atoms with Crippen molar-refractivity contribution in [2.75, 3.05) is 66.9 Å². The van der Waals surface area contributed by atoms with Crippen molar-refractivity contribution in [1.29, 1.82) is 0 Å². The molecular formula is C66H85N5O33. The zero-order chi connectivity index (χ0) is 75.8. The number of aliphatic hydroxyl groups is 10. The zero-order valence-corrected chi connectivity index (χ0v) is 56.4. The van der Waals surface area contributed by atoms with E-state index in [4.69, 9.17) is 57.2 Å². The smallest absolute Gasteiger partial charge is 0.329 e. The third kappa shape index (κ3) is 18.0. The second-order valence-corrected chi connectivity index (χ2v) is 25.6. The summed E-state index contributed by atoms with van der Waals surface area (Å²) in [6.07, 6.45) is -33.7. The molecule has 572 valence electrons. The molecule has 0 spiro atoms. The summed E-state index contributed by atoms with van der Waals surface area (Å²) in [5.74, 6) is -10.6. The summed E-state index contributed by atoms with van der Waals surface area (Å²) in [6.45, 7) is -3.51. The maximum absolute atomic E-state index is 14.1. The first-order valence-corrected chi connectivity index (χ1v) is 33.0. The summed E-state index contributed by atoms with van der Waals surface area (Å²) < 4.78 is 62.4. The van der Waals surface area contributed by atoms with Crippen molar-refractivity contribution in [1.82, 2.24) is 26.6 Å². The first-order valence-electron chi connectivity index (χ1n) is 33.0. The molecule has 18 N–H and O–H groups in total. The number of phenols is 2. The van der Waals surface area contributed by atoms with Crippen molar-refractivity contribution < 1.29 is 162 Å². The number of rotatable bonds is 30. The number of carbonyl (C=O) groups excluding carboxylic acids is 8. The minimum Gasteiger partial charge on any atom is -0.507 e. The quantitative estimate of drug-likeness (QED) is 0.0216. The van der Waals surface area contributed by atoms with E-state index in [1.807, 2.05) is 0 Å². The lowest BCUT2D eigenvalue weighted by Crippen LogP contribution is -2.66. The second-order valence-electron chi connectivity index (χ2n) is 25.6. The molecule has 104 heavy (non-hydrogen) atoms. The van der Waals surface area contributed by atoms with E-state index in [-0.39, 0.29) is 47.3 Å². The van der Waals surface area contributed by atoms with Crippen molar-refractivity contribution in [3.8, 4) is 17.2 Å². The highest BCUT2D eigenvalue weighted by Gasteiger charge is 2.55. The SMILES string of the molecule is CC[C@@H]1O[C@@H](O[C@H]2[C@H](O)[C@@H](O)[C@@H](O[C@H]3[C@H](O)[C@@H](O)[C@@H](OC)O[C@@H]3COCC(=O)O)O[C@@H]2COCC(=O)NCC(=O)N[C@@H](Cc2ccccc2)C(=O)NCC(=O)NCC(=O)N[C@H]2C[C@H](O[C@H]3C[C@](O)(C(=O)CO)Cc4c(O)c5c(c(O)c43)C(=O)c3c(OC)cccc3C5=O)O[C@@H](C)[C@H]2O)[C@@H](O)[C@H](O)[C@H]1O. The summed E-state index contributed by atoms with van der Waals surface area (Å²) in [5, 5.41) is 154. The number of hydrogen-bond acceptors (Lipinski definition) is 32. The van der Waals surface area contributed by atoms with E-state index in [0.29, 0.717) is 5.56 Å². The van der Waals surface area contributed by atoms with Crippen molar-refractivity contribution in [3.63, 3.8) is 0 Å². The lowest BCUT2D eigenvalue weighted by atomic mass is 9.72. The lowest BCUT2D eigenvalue weighted by molar-refractivity contribution is -0.378. The Balaban J connectivity index is 0.790. The number of nitrogens with one attached hydrogen (secondary N) is 5. The minimum atomic E-state index is -2.48. The van der Waals surface area contributed by atoms with Crippen LogP contribution in [-0.2, 0) is 93.8 Å². The van der Waals surface area contributed by atoms with Crippen molar-refractivity contribution in [2.45, 2.75) is 180 Å². The number of hydrogen-bond donors (Lipinski definition) is 18. The van der Waals surface area contributed by atoms with E-state index in [2.05, 4.69) is 26.6 Å². The predicted molar refractivity (Wildman–Crippen MR) is 341 cm³/mol. The molecule has 0 radical (unpaired) electrons. The number of aliphatic hydroxyl groups excluding tert-OH is 9. The van der Waals surface area contributed by atoms with Crippen LogP contribution in [0.1, 0.15) is 87.7 Å². The van der Waals surface area contributed by atoms with Gasteiger partial charge in [-0.25, -0.2) is 4.79 Å². The van der Waals surface area contributed by atoms with Crippen molar-refractivity contribution in [2.24, 2.45) is 0 Å². The van der Waals surface area contributed by atoms with Gasteiger partial charge in [-0.1, -0.05) is 49.4 Å². The fourth-order valence-corrected chi connectivity index (χ4v) is 13.1. The Labute approximate surface area is 591 Å². The fourth-order valence-electron chi connectivity index (χ4n) is 13.1. The van der Waals surface area contributed by atoms with Gasteiger partial charge in [0, 0.05) is 49.5 Å². The number of methoxy groups -OCH3 is 2. The highest BCUT2D eigenvalue weighted by Crippen LogP contribution is 2.53. The molecule has 4 heterocycles. The summed E-state index contributed by atoms with van der Waals surface area (Å²) >= 11 is 0. The van der Waals surface area contributed by atoms with E-state index in [1.54, 1.807) is 37.3 Å². The third-order valence-corrected chi connectivity index (χ3v) is 18.5. The van der Waals surface area contributed by atoms with Crippen LogP contribution in [0.5, 0.6) is 17.2 Å². The number of carbonyl (C=O) groups is 9. The van der Waals surface area contributed by atoms with Crippen LogP contribution in [0.3, 0.4) is 0 Å². The molecule has 6 aliphatic rings. The topological polar surface area (TPSA) is 578 Å². The Morgan fingerprint density at radius 1 is 0.625 bits per heavy atom.